The Labute approximate surface area is 143 Å². The first kappa shape index (κ1) is 17.4. The van der Waals surface area contributed by atoms with Crippen molar-refractivity contribution >= 4 is 5.91 Å². The van der Waals surface area contributed by atoms with Crippen LogP contribution in [0.3, 0.4) is 0 Å². The van der Waals surface area contributed by atoms with Gasteiger partial charge in [0, 0.05) is 0 Å². The van der Waals surface area contributed by atoms with Crippen molar-refractivity contribution in [2.45, 2.75) is 56.5 Å². The molecule has 4 nitrogen and oxygen atoms in total. The molecule has 1 amide bonds. The minimum absolute atomic E-state index is 0.0208. The Hall–Kier alpha value is -1.46. The molecule has 1 aliphatic heterocycles. The molecule has 0 aromatic heterocycles. The minimum Gasteiger partial charge on any atom is -0.394 e. The number of aliphatic hydroxyl groups is 1. The predicted octanol–water partition coefficient (Wildman–Crippen LogP) is 2.77. The summed E-state index contributed by atoms with van der Waals surface area (Å²) in [6, 6.07) is 5.49. The molecule has 1 heterocycles. The zero-order valence-electron chi connectivity index (χ0n) is 14.1. The van der Waals surface area contributed by atoms with E-state index in [4.69, 9.17) is 0 Å². The summed E-state index contributed by atoms with van der Waals surface area (Å²) in [5, 5.41) is 12.8. The Morgan fingerprint density at radius 2 is 1.75 bits per heavy atom. The largest absolute Gasteiger partial charge is 0.394 e. The van der Waals surface area contributed by atoms with Crippen molar-refractivity contribution in [3.8, 4) is 0 Å². The maximum atomic E-state index is 13.2. The van der Waals surface area contributed by atoms with Gasteiger partial charge in [0.25, 0.3) is 0 Å². The van der Waals surface area contributed by atoms with Crippen LogP contribution in [0, 0.1) is 5.82 Å². The summed E-state index contributed by atoms with van der Waals surface area (Å²) >= 11 is 0. The minimum atomic E-state index is -0.487. The van der Waals surface area contributed by atoms with Gasteiger partial charge in [0.2, 0.25) is 5.91 Å². The number of rotatable bonds is 5. The first-order chi connectivity index (χ1) is 11.7. The lowest BCUT2D eigenvalue weighted by Crippen LogP contribution is -2.59. The van der Waals surface area contributed by atoms with Gasteiger partial charge >= 0.3 is 0 Å². The molecule has 0 bridgehead atoms. The van der Waals surface area contributed by atoms with Crippen molar-refractivity contribution in [2.75, 3.05) is 19.7 Å². The Balaban J connectivity index is 1.77. The van der Waals surface area contributed by atoms with E-state index >= 15 is 0 Å². The summed E-state index contributed by atoms with van der Waals surface area (Å²) in [7, 11) is 0. The molecular formula is C19H27FN2O2. The lowest BCUT2D eigenvalue weighted by molar-refractivity contribution is -0.136. The second-order valence-electron chi connectivity index (χ2n) is 7.05. The van der Waals surface area contributed by atoms with Gasteiger partial charge in [-0.15, -0.1) is 0 Å². The van der Waals surface area contributed by atoms with Crippen LogP contribution in [0.4, 0.5) is 4.39 Å². The molecule has 2 fully saturated rings. The molecule has 0 radical (unpaired) electrons. The first-order valence-corrected chi connectivity index (χ1v) is 9.08. The van der Waals surface area contributed by atoms with Gasteiger partial charge in [-0.05, 0) is 56.5 Å². The van der Waals surface area contributed by atoms with Crippen LogP contribution < -0.4 is 5.32 Å². The number of aliphatic hydroxyl groups excluding tert-OH is 1. The molecule has 1 aromatic rings. The monoisotopic (exact) mass is 334 g/mol. The van der Waals surface area contributed by atoms with E-state index in [2.05, 4.69) is 10.2 Å². The maximum Gasteiger partial charge on any atom is 0.241 e. The third-order valence-corrected chi connectivity index (χ3v) is 5.58. The number of hydrogen-bond acceptors (Lipinski definition) is 3. The van der Waals surface area contributed by atoms with Crippen LogP contribution in [0.1, 0.15) is 56.6 Å². The van der Waals surface area contributed by atoms with E-state index in [0.29, 0.717) is 0 Å². The molecule has 132 valence electrons. The summed E-state index contributed by atoms with van der Waals surface area (Å²) < 4.78 is 13.1. The number of benzene rings is 1. The summed E-state index contributed by atoms with van der Waals surface area (Å²) in [4.78, 5) is 15.5. The molecule has 0 spiro atoms. The van der Waals surface area contributed by atoms with Crippen molar-refractivity contribution in [1.82, 2.24) is 10.2 Å². The van der Waals surface area contributed by atoms with Gasteiger partial charge in [-0.2, -0.15) is 0 Å². The fourth-order valence-corrected chi connectivity index (χ4v) is 4.19. The average Bonchev–Trinajstić information content (AvgIpc) is 3.16. The van der Waals surface area contributed by atoms with Crippen molar-refractivity contribution in [3.05, 3.63) is 35.6 Å². The second-order valence-corrected chi connectivity index (χ2v) is 7.05. The van der Waals surface area contributed by atoms with E-state index in [9.17, 15) is 14.3 Å². The zero-order chi connectivity index (χ0) is 17.0. The number of hydrogen-bond donors (Lipinski definition) is 2. The molecule has 1 aromatic carbocycles. The van der Waals surface area contributed by atoms with Crippen LogP contribution in [-0.2, 0) is 4.79 Å². The summed E-state index contributed by atoms with van der Waals surface area (Å²) in [5.74, 6) is -0.296. The Kier molecular flexibility index (Phi) is 5.51. The van der Waals surface area contributed by atoms with Gasteiger partial charge < -0.3 is 10.4 Å². The van der Waals surface area contributed by atoms with E-state index in [1.165, 1.54) is 18.6 Å². The van der Waals surface area contributed by atoms with Crippen LogP contribution >= 0.6 is 0 Å². The first-order valence-electron chi connectivity index (χ1n) is 9.08. The van der Waals surface area contributed by atoms with Gasteiger partial charge in [-0.3, -0.25) is 9.69 Å². The molecule has 2 aliphatic rings. The number of halogens is 1. The zero-order valence-corrected chi connectivity index (χ0v) is 14.1. The smallest absolute Gasteiger partial charge is 0.241 e. The Bertz CT molecular complexity index is 549. The van der Waals surface area contributed by atoms with E-state index in [0.717, 1.165) is 57.2 Å². The normalized spacial score (nSPS) is 22.2. The van der Waals surface area contributed by atoms with Crippen molar-refractivity contribution in [2.24, 2.45) is 0 Å². The van der Waals surface area contributed by atoms with Crippen LogP contribution in [0.15, 0.2) is 24.3 Å². The highest BCUT2D eigenvalue weighted by molar-refractivity contribution is 5.87. The predicted molar refractivity (Wildman–Crippen MR) is 91.0 cm³/mol. The number of nitrogens with zero attached hydrogens (tertiary/aromatic N) is 1. The van der Waals surface area contributed by atoms with Gasteiger partial charge in [0.1, 0.15) is 11.4 Å². The molecular weight excluding hydrogens is 307 g/mol. The average molecular weight is 334 g/mol. The van der Waals surface area contributed by atoms with Crippen molar-refractivity contribution in [3.63, 3.8) is 0 Å². The molecule has 1 saturated heterocycles. The Morgan fingerprint density at radius 1 is 1.12 bits per heavy atom. The number of amides is 1. The topological polar surface area (TPSA) is 52.6 Å². The Morgan fingerprint density at radius 3 is 2.33 bits per heavy atom. The fraction of sp³-hybridized carbons (Fsp3) is 0.632. The molecule has 1 atom stereocenters. The molecule has 1 saturated carbocycles. The van der Waals surface area contributed by atoms with E-state index in [1.807, 2.05) is 0 Å². The van der Waals surface area contributed by atoms with Gasteiger partial charge in [0.15, 0.2) is 0 Å². The SMILES string of the molecule is O=C(N[C@H](CO)c1ccc(F)cc1)C1(N2CCCC2)CCCCC1. The van der Waals surface area contributed by atoms with Crippen molar-refractivity contribution < 1.29 is 14.3 Å². The van der Waals surface area contributed by atoms with Crippen LogP contribution in [-0.4, -0.2) is 41.1 Å². The number of carbonyl (C=O) groups is 1. The summed E-state index contributed by atoms with van der Waals surface area (Å²) in [6.07, 6.45) is 7.41. The molecule has 5 heteroatoms. The van der Waals surface area contributed by atoms with Gasteiger partial charge in [0.05, 0.1) is 12.6 Å². The maximum absolute atomic E-state index is 13.2. The summed E-state index contributed by atoms with van der Waals surface area (Å²) in [5.41, 5.74) is 0.307. The van der Waals surface area contributed by atoms with Crippen LogP contribution in [0.2, 0.25) is 0 Å². The van der Waals surface area contributed by atoms with Gasteiger partial charge in [-0.25, -0.2) is 4.39 Å². The number of likely N-dealkylation sites (tertiary alicyclic amines) is 1. The lowest BCUT2D eigenvalue weighted by atomic mass is 9.79. The standard InChI is InChI=1S/C19H27FN2O2/c20-16-8-6-15(7-9-16)17(14-23)21-18(24)19(10-2-1-3-11-19)22-12-4-5-13-22/h6-9,17,23H,1-5,10-14H2,(H,21,24)/t17-/m1/s1. The molecule has 3 rings (SSSR count). The molecule has 0 unspecified atom stereocenters. The van der Waals surface area contributed by atoms with Crippen LogP contribution in [0.5, 0.6) is 0 Å². The fourth-order valence-electron chi connectivity index (χ4n) is 4.19. The highest BCUT2D eigenvalue weighted by Crippen LogP contribution is 2.36. The van der Waals surface area contributed by atoms with E-state index in [-0.39, 0.29) is 18.3 Å². The highest BCUT2D eigenvalue weighted by Gasteiger charge is 2.45. The quantitative estimate of drug-likeness (QED) is 0.871. The number of nitrogens with one attached hydrogen (secondary N) is 1. The van der Waals surface area contributed by atoms with E-state index < -0.39 is 11.6 Å². The molecule has 2 N–H and O–H groups in total. The number of carbonyl (C=O) groups excluding carboxylic acids is 1. The van der Waals surface area contributed by atoms with Gasteiger partial charge in [-0.1, -0.05) is 31.4 Å². The molecule has 1 aliphatic carbocycles. The second kappa shape index (κ2) is 7.62. The van der Waals surface area contributed by atoms with Crippen LogP contribution in [0.25, 0.3) is 0 Å². The summed E-state index contributed by atoms with van der Waals surface area (Å²) in [6.45, 7) is 1.77. The van der Waals surface area contributed by atoms with Crippen molar-refractivity contribution in [1.29, 1.82) is 0 Å². The molecule has 24 heavy (non-hydrogen) atoms. The third kappa shape index (κ3) is 3.47. The third-order valence-electron chi connectivity index (χ3n) is 5.58. The highest BCUT2D eigenvalue weighted by atomic mass is 19.1. The van der Waals surface area contributed by atoms with E-state index in [1.54, 1.807) is 12.1 Å². The lowest BCUT2D eigenvalue weighted by Gasteiger charge is -2.43.